The van der Waals surface area contributed by atoms with Crippen molar-refractivity contribution in [2.45, 2.75) is 66.3 Å². The average Bonchev–Trinajstić information content (AvgIpc) is 2.63. The first kappa shape index (κ1) is 27.0. The van der Waals surface area contributed by atoms with E-state index in [0.29, 0.717) is 5.75 Å². The Morgan fingerprint density at radius 1 is 0.897 bits per heavy atom. The minimum atomic E-state index is -0.741. The number of nitrogens with one attached hydrogen (secondary N) is 3. The van der Waals surface area contributed by atoms with Crippen LogP contribution in [0.15, 0.2) is 34.9 Å². The maximum Gasteiger partial charge on any atom is 0.321 e. The van der Waals surface area contributed by atoms with Crippen molar-refractivity contribution in [2.75, 3.05) is 18.6 Å². The second-order valence-electron chi connectivity index (χ2n) is 7.32. The van der Waals surface area contributed by atoms with Crippen LogP contribution in [0.2, 0.25) is 0 Å². The van der Waals surface area contributed by atoms with Gasteiger partial charge in [0.25, 0.3) is 5.91 Å². The Hall–Kier alpha value is -2.02. The number of rotatable bonds is 12. The summed E-state index contributed by atoms with van der Waals surface area (Å²) in [5, 5.41) is 7.11. The molecule has 0 aromatic rings. The first-order valence-corrected chi connectivity index (χ1v) is 11.1. The molecule has 0 radical (unpaired) electrons. The van der Waals surface area contributed by atoms with Gasteiger partial charge in [-0.1, -0.05) is 34.9 Å². The van der Waals surface area contributed by atoms with E-state index < -0.39 is 18.0 Å². The van der Waals surface area contributed by atoms with E-state index in [9.17, 15) is 14.4 Å². The number of imide groups is 1. The maximum absolute atomic E-state index is 12.1. The number of allylic oxidation sites excluding steroid dienone is 5. The molecule has 0 aromatic carbocycles. The second-order valence-corrected chi connectivity index (χ2v) is 8.39. The average molecular weight is 424 g/mol. The summed E-state index contributed by atoms with van der Waals surface area (Å²) in [7, 11) is 1.43. The molecule has 0 bridgehead atoms. The number of amides is 4. The third-order valence-electron chi connectivity index (χ3n) is 4.11. The van der Waals surface area contributed by atoms with E-state index >= 15 is 0 Å². The number of thioether (sulfide) groups is 1. The SMILES string of the molecule is CNC(=O)NC(=O)C(CSCC=C(C)CCC=C(C)CCC=C(C)C)NC(C)=O. The largest absolute Gasteiger partial charge is 0.344 e. The van der Waals surface area contributed by atoms with Crippen molar-refractivity contribution in [1.29, 1.82) is 0 Å². The van der Waals surface area contributed by atoms with E-state index in [2.05, 4.69) is 61.9 Å². The van der Waals surface area contributed by atoms with E-state index in [1.807, 2.05) is 0 Å². The van der Waals surface area contributed by atoms with E-state index in [4.69, 9.17) is 0 Å². The normalized spacial score (nSPS) is 12.8. The molecule has 29 heavy (non-hydrogen) atoms. The summed E-state index contributed by atoms with van der Waals surface area (Å²) in [5.74, 6) is 0.330. The van der Waals surface area contributed by atoms with Crippen molar-refractivity contribution in [2.24, 2.45) is 0 Å². The highest BCUT2D eigenvalue weighted by Crippen LogP contribution is 2.13. The summed E-state index contributed by atoms with van der Waals surface area (Å²) < 4.78 is 0. The fourth-order valence-electron chi connectivity index (χ4n) is 2.42. The zero-order chi connectivity index (χ0) is 22.2. The van der Waals surface area contributed by atoms with E-state index in [1.165, 1.54) is 30.7 Å². The minimum absolute atomic E-state index is 0.305. The lowest BCUT2D eigenvalue weighted by Gasteiger charge is -2.16. The molecule has 7 heteroatoms. The zero-order valence-electron chi connectivity index (χ0n) is 18.7. The highest BCUT2D eigenvalue weighted by molar-refractivity contribution is 7.99. The van der Waals surface area contributed by atoms with Crippen LogP contribution in [0.1, 0.15) is 60.3 Å². The van der Waals surface area contributed by atoms with Crippen molar-refractivity contribution in [3.8, 4) is 0 Å². The summed E-state index contributed by atoms with van der Waals surface area (Å²) >= 11 is 1.54. The third-order valence-corrected chi connectivity index (χ3v) is 5.09. The molecule has 0 rings (SSSR count). The highest BCUT2D eigenvalue weighted by Gasteiger charge is 2.20. The van der Waals surface area contributed by atoms with Crippen LogP contribution in [-0.4, -0.2) is 42.4 Å². The maximum atomic E-state index is 12.1. The molecule has 3 N–H and O–H groups in total. The van der Waals surface area contributed by atoms with Crippen LogP contribution in [0.4, 0.5) is 4.79 Å². The second kappa shape index (κ2) is 15.9. The van der Waals surface area contributed by atoms with Crippen LogP contribution in [-0.2, 0) is 9.59 Å². The quantitative estimate of drug-likeness (QED) is 0.326. The zero-order valence-corrected chi connectivity index (χ0v) is 19.5. The molecule has 6 nitrogen and oxygen atoms in total. The Morgan fingerprint density at radius 3 is 2.03 bits per heavy atom. The van der Waals surface area contributed by atoms with Gasteiger partial charge < -0.3 is 10.6 Å². The standard InChI is InChI=1S/C22H37N3O3S/c1-16(2)9-7-10-17(3)11-8-12-18(4)13-14-29-15-20(24-19(5)26)21(27)25-22(28)23-6/h9,11,13,20H,7-8,10,12,14-15H2,1-6H3,(H,24,26)(H2,23,25,27,28). The van der Waals surface area contributed by atoms with Crippen LogP contribution >= 0.6 is 11.8 Å². The van der Waals surface area contributed by atoms with Crippen molar-refractivity contribution < 1.29 is 14.4 Å². The van der Waals surface area contributed by atoms with Gasteiger partial charge in [0.1, 0.15) is 6.04 Å². The Bertz CT molecular complexity index is 635. The molecular formula is C22H37N3O3S. The van der Waals surface area contributed by atoms with Gasteiger partial charge in [-0.2, -0.15) is 11.8 Å². The summed E-state index contributed by atoms with van der Waals surface area (Å²) in [6.07, 6.45) is 11.0. The van der Waals surface area contributed by atoms with Gasteiger partial charge in [0.15, 0.2) is 0 Å². The Balaban J connectivity index is 4.34. The Morgan fingerprint density at radius 2 is 1.48 bits per heavy atom. The Labute approximate surface area is 180 Å². The molecule has 0 aliphatic rings. The first-order chi connectivity index (χ1) is 13.6. The van der Waals surface area contributed by atoms with Gasteiger partial charge in [0, 0.05) is 25.5 Å². The molecular weight excluding hydrogens is 386 g/mol. The topological polar surface area (TPSA) is 87.3 Å². The smallest absolute Gasteiger partial charge is 0.321 e. The molecule has 164 valence electrons. The highest BCUT2D eigenvalue weighted by atomic mass is 32.2. The molecule has 0 saturated heterocycles. The van der Waals surface area contributed by atoms with Gasteiger partial charge >= 0.3 is 6.03 Å². The predicted octanol–water partition coefficient (Wildman–Crippen LogP) is 4.10. The van der Waals surface area contributed by atoms with Crippen LogP contribution in [0, 0.1) is 0 Å². The van der Waals surface area contributed by atoms with Gasteiger partial charge in [0.05, 0.1) is 0 Å². The first-order valence-electron chi connectivity index (χ1n) is 9.97. The van der Waals surface area contributed by atoms with E-state index in [-0.39, 0.29) is 5.91 Å². The van der Waals surface area contributed by atoms with Crippen molar-refractivity contribution in [1.82, 2.24) is 16.0 Å². The molecule has 0 aliphatic carbocycles. The number of carbonyl (C=O) groups excluding carboxylic acids is 3. The van der Waals surface area contributed by atoms with Crippen molar-refractivity contribution in [3.05, 3.63) is 34.9 Å². The van der Waals surface area contributed by atoms with Crippen molar-refractivity contribution >= 4 is 29.6 Å². The van der Waals surface area contributed by atoms with E-state index in [1.54, 1.807) is 11.8 Å². The van der Waals surface area contributed by atoms with Crippen LogP contribution in [0.25, 0.3) is 0 Å². The van der Waals surface area contributed by atoms with Crippen molar-refractivity contribution in [3.63, 3.8) is 0 Å². The molecule has 1 atom stereocenters. The monoisotopic (exact) mass is 423 g/mol. The Kier molecular flexibility index (Phi) is 14.7. The molecule has 0 spiro atoms. The summed E-state index contributed by atoms with van der Waals surface area (Å²) in [6.45, 7) is 9.89. The summed E-state index contributed by atoms with van der Waals surface area (Å²) in [6, 6.07) is -1.33. The molecule has 0 aliphatic heterocycles. The van der Waals surface area contributed by atoms with Gasteiger partial charge in [-0.15, -0.1) is 0 Å². The number of hydrogen-bond acceptors (Lipinski definition) is 4. The summed E-state index contributed by atoms with van der Waals surface area (Å²) in [5.41, 5.74) is 4.09. The lowest BCUT2D eigenvalue weighted by molar-refractivity contribution is -0.126. The van der Waals surface area contributed by atoms with Gasteiger partial charge in [0.2, 0.25) is 5.91 Å². The molecule has 0 heterocycles. The van der Waals surface area contributed by atoms with Gasteiger partial charge in [-0.3, -0.25) is 14.9 Å². The lowest BCUT2D eigenvalue weighted by atomic mass is 10.1. The minimum Gasteiger partial charge on any atom is -0.344 e. The fourth-order valence-corrected chi connectivity index (χ4v) is 3.42. The van der Waals surface area contributed by atoms with Gasteiger partial charge in [-0.25, -0.2) is 4.79 Å². The molecule has 0 saturated carbocycles. The molecule has 0 aromatic heterocycles. The number of urea groups is 1. The molecule has 4 amide bonds. The van der Waals surface area contributed by atoms with Crippen LogP contribution < -0.4 is 16.0 Å². The fraction of sp³-hybridized carbons (Fsp3) is 0.591. The third kappa shape index (κ3) is 15.6. The lowest BCUT2D eigenvalue weighted by Crippen LogP contribution is -2.51. The molecule has 0 fully saturated rings. The van der Waals surface area contributed by atoms with Gasteiger partial charge in [-0.05, 0) is 53.4 Å². The van der Waals surface area contributed by atoms with E-state index in [0.717, 1.165) is 31.4 Å². The number of carbonyl (C=O) groups is 3. The van der Waals surface area contributed by atoms with Crippen LogP contribution in [0.3, 0.4) is 0 Å². The predicted molar refractivity (Wildman–Crippen MR) is 123 cm³/mol. The number of hydrogen-bond donors (Lipinski definition) is 3. The molecule has 1 unspecified atom stereocenters. The summed E-state index contributed by atoms with van der Waals surface area (Å²) in [4.78, 5) is 34.7. The van der Waals surface area contributed by atoms with Crippen LogP contribution in [0.5, 0.6) is 0 Å².